The van der Waals surface area contributed by atoms with Crippen LogP contribution in [0.2, 0.25) is 0 Å². The number of urea groups is 1. The monoisotopic (exact) mass is 425 g/mol. The highest BCUT2D eigenvalue weighted by Gasteiger charge is 2.34. The van der Waals surface area contributed by atoms with Gasteiger partial charge in [-0.05, 0) is 60.5 Å². The smallest absolute Gasteiger partial charge is 0.318 e. The molecule has 1 aliphatic rings. The largest absolute Gasteiger partial charge is 0.382 e. The lowest BCUT2D eigenvalue weighted by molar-refractivity contribution is 0.182. The first-order valence-corrected chi connectivity index (χ1v) is 12.0. The topological polar surface area (TPSA) is 79.0 Å². The first kappa shape index (κ1) is 23.3. The molecule has 0 spiro atoms. The van der Waals surface area contributed by atoms with E-state index in [9.17, 15) is 13.2 Å². The Morgan fingerprint density at radius 2 is 1.79 bits per heavy atom. The van der Waals surface area contributed by atoms with E-state index in [0.29, 0.717) is 17.9 Å². The molecule has 1 N–H and O–H groups in total. The van der Waals surface area contributed by atoms with Crippen molar-refractivity contribution in [3.63, 3.8) is 0 Å². The Kier molecular flexibility index (Phi) is 7.43. The van der Waals surface area contributed by atoms with Crippen LogP contribution in [0.5, 0.6) is 5.75 Å². The molecule has 0 unspecified atom stereocenters. The summed E-state index contributed by atoms with van der Waals surface area (Å²) in [4.78, 5) is 16.7. The molecule has 0 atom stereocenters. The van der Waals surface area contributed by atoms with E-state index < -0.39 is 10.1 Å². The predicted octanol–water partition coefficient (Wildman–Crippen LogP) is 3.73. The Hall–Kier alpha value is -1.96. The summed E-state index contributed by atoms with van der Waals surface area (Å²) in [6, 6.07) is 5.63. The van der Waals surface area contributed by atoms with E-state index in [1.807, 2.05) is 46.8 Å². The minimum absolute atomic E-state index is 0.112. The molecule has 164 valence electrons. The Balaban J connectivity index is 2.37. The molecule has 1 aromatic carbocycles. The molecule has 0 heterocycles. The van der Waals surface area contributed by atoms with Gasteiger partial charge in [-0.2, -0.15) is 8.42 Å². The fourth-order valence-electron chi connectivity index (χ4n) is 3.06. The van der Waals surface area contributed by atoms with Crippen LogP contribution in [0.15, 0.2) is 18.2 Å². The van der Waals surface area contributed by atoms with Crippen LogP contribution in [0.1, 0.15) is 59.9 Å². The van der Waals surface area contributed by atoms with Crippen molar-refractivity contribution in [3.05, 3.63) is 23.8 Å². The second-order valence-electron chi connectivity index (χ2n) is 8.43. The van der Waals surface area contributed by atoms with Crippen molar-refractivity contribution in [3.8, 4) is 5.75 Å². The highest BCUT2D eigenvalue weighted by Crippen LogP contribution is 2.33. The maximum Gasteiger partial charge on any atom is 0.318 e. The van der Waals surface area contributed by atoms with E-state index in [1.54, 1.807) is 17.9 Å². The quantitative estimate of drug-likeness (QED) is 0.610. The van der Waals surface area contributed by atoms with E-state index in [-0.39, 0.29) is 23.4 Å². The third-order valence-electron chi connectivity index (χ3n) is 4.82. The second-order valence-corrected chi connectivity index (χ2v) is 10.3. The van der Waals surface area contributed by atoms with Crippen LogP contribution in [0, 0.1) is 0 Å². The van der Waals surface area contributed by atoms with Crippen LogP contribution in [0.25, 0.3) is 0 Å². The van der Waals surface area contributed by atoms with Crippen LogP contribution in [0.4, 0.5) is 10.5 Å². The van der Waals surface area contributed by atoms with Crippen LogP contribution < -0.4 is 14.4 Å². The molecule has 0 aliphatic heterocycles. The van der Waals surface area contributed by atoms with Crippen molar-refractivity contribution in [1.82, 2.24) is 10.2 Å². The average molecular weight is 426 g/mol. The number of hydrogen-bond donors (Lipinski definition) is 1. The summed E-state index contributed by atoms with van der Waals surface area (Å²) in [6.45, 7) is 13.4. The number of benzene rings is 1. The zero-order chi connectivity index (χ0) is 21.8. The second kappa shape index (κ2) is 9.24. The summed E-state index contributed by atoms with van der Waals surface area (Å²) in [5, 5.41) is 3.01. The molecule has 29 heavy (non-hydrogen) atoms. The zero-order valence-corrected chi connectivity index (χ0v) is 19.3. The van der Waals surface area contributed by atoms with Crippen LogP contribution >= 0.6 is 0 Å². The molecule has 7 nitrogen and oxygen atoms in total. The van der Waals surface area contributed by atoms with Gasteiger partial charge in [0.15, 0.2) is 0 Å². The van der Waals surface area contributed by atoms with Crippen molar-refractivity contribution >= 4 is 21.8 Å². The molecule has 0 saturated heterocycles. The maximum atomic E-state index is 12.8. The van der Waals surface area contributed by atoms with Gasteiger partial charge in [-0.3, -0.25) is 0 Å². The summed E-state index contributed by atoms with van der Waals surface area (Å²) in [7, 11) is -3.68. The number of carbonyl (C=O) groups is 1. The molecule has 2 rings (SSSR count). The molecular weight excluding hydrogens is 390 g/mol. The molecule has 1 saturated carbocycles. The van der Waals surface area contributed by atoms with Crippen molar-refractivity contribution < 1.29 is 17.4 Å². The van der Waals surface area contributed by atoms with Gasteiger partial charge in [0.25, 0.3) is 0 Å². The lowest BCUT2D eigenvalue weighted by Crippen LogP contribution is -2.49. The Morgan fingerprint density at radius 3 is 2.28 bits per heavy atom. The van der Waals surface area contributed by atoms with Gasteiger partial charge in [0.05, 0.1) is 12.3 Å². The number of hydrogen-bond acceptors (Lipinski definition) is 5. The van der Waals surface area contributed by atoms with E-state index in [2.05, 4.69) is 10.2 Å². The van der Waals surface area contributed by atoms with Crippen molar-refractivity contribution in [2.45, 2.75) is 72.5 Å². The number of amides is 2. The Morgan fingerprint density at radius 1 is 1.17 bits per heavy atom. The minimum Gasteiger partial charge on any atom is -0.382 e. The molecule has 1 aromatic rings. The van der Waals surface area contributed by atoms with E-state index >= 15 is 0 Å². The molecular formula is C21H35N3O4S. The van der Waals surface area contributed by atoms with Crippen LogP contribution in [-0.4, -0.2) is 49.8 Å². The molecule has 1 aliphatic carbocycles. The predicted molar refractivity (Wildman–Crippen MR) is 117 cm³/mol. The van der Waals surface area contributed by atoms with Crippen molar-refractivity contribution in [2.24, 2.45) is 0 Å². The third kappa shape index (κ3) is 6.80. The average Bonchev–Trinajstić information content (AvgIpc) is 3.45. The molecule has 0 radical (unpaired) electrons. The Labute approximate surface area is 175 Å². The summed E-state index contributed by atoms with van der Waals surface area (Å²) in [5.74, 6) is 0.184. The first-order chi connectivity index (χ1) is 13.5. The van der Waals surface area contributed by atoms with Gasteiger partial charge in [0.1, 0.15) is 5.75 Å². The third-order valence-corrected chi connectivity index (χ3v) is 5.96. The maximum absolute atomic E-state index is 12.8. The lowest BCUT2D eigenvalue weighted by atomic mass is 10.1. The van der Waals surface area contributed by atoms with Gasteiger partial charge in [-0.25, -0.2) is 4.79 Å². The molecule has 2 amide bonds. The Bertz CT molecular complexity index is 810. The summed E-state index contributed by atoms with van der Waals surface area (Å²) >= 11 is 0. The lowest BCUT2D eigenvalue weighted by Gasteiger charge is -2.29. The number of rotatable bonds is 9. The fourth-order valence-corrected chi connectivity index (χ4v) is 3.61. The van der Waals surface area contributed by atoms with Gasteiger partial charge in [-0.15, -0.1) is 0 Å². The van der Waals surface area contributed by atoms with E-state index in [1.165, 1.54) is 0 Å². The van der Waals surface area contributed by atoms with Gasteiger partial charge in [0.2, 0.25) is 0 Å². The van der Waals surface area contributed by atoms with Crippen molar-refractivity contribution in [2.75, 3.05) is 23.7 Å². The summed E-state index contributed by atoms with van der Waals surface area (Å²) in [5.41, 5.74) is 1.24. The number of carbonyl (C=O) groups excluding carboxylic acids is 1. The van der Waals surface area contributed by atoms with Gasteiger partial charge in [0, 0.05) is 42.0 Å². The summed E-state index contributed by atoms with van der Waals surface area (Å²) in [6.07, 6.45) is 1.91. The van der Waals surface area contributed by atoms with E-state index in [4.69, 9.17) is 4.18 Å². The van der Waals surface area contributed by atoms with Crippen LogP contribution in [0.3, 0.4) is 0 Å². The van der Waals surface area contributed by atoms with Gasteiger partial charge < -0.3 is 19.3 Å². The molecule has 0 bridgehead atoms. The molecule has 8 heteroatoms. The summed E-state index contributed by atoms with van der Waals surface area (Å²) < 4.78 is 29.8. The number of anilines is 1. The van der Waals surface area contributed by atoms with Crippen LogP contribution in [-0.2, 0) is 16.7 Å². The van der Waals surface area contributed by atoms with Crippen molar-refractivity contribution in [1.29, 1.82) is 0 Å². The van der Waals surface area contributed by atoms with E-state index in [0.717, 1.165) is 31.6 Å². The van der Waals surface area contributed by atoms with Gasteiger partial charge in [-0.1, -0.05) is 6.07 Å². The first-order valence-electron chi connectivity index (χ1n) is 10.4. The van der Waals surface area contributed by atoms with Gasteiger partial charge >= 0.3 is 16.1 Å². The normalized spacial score (nSPS) is 14.4. The number of nitrogens with one attached hydrogen (secondary N) is 1. The SMILES string of the molecule is CCN(CC)c1ccc(CN(C(=O)NC(C)(C)C)C2CC2)c(OS(=O)(=O)CC)c1. The highest BCUT2D eigenvalue weighted by atomic mass is 32.2. The highest BCUT2D eigenvalue weighted by molar-refractivity contribution is 7.87. The minimum atomic E-state index is -3.68. The zero-order valence-electron chi connectivity index (χ0n) is 18.5. The number of nitrogens with zero attached hydrogens (tertiary/aromatic N) is 2. The molecule has 0 aromatic heterocycles. The fraction of sp³-hybridized carbons (Fsp3) is 0.667. The molecule has 1 fully saturated rings. The standard InChI is InChI=1S/C21H35N3O4S/c1-7-23(8-2)18-11-10-16(19(14-18)28-29(26,27)9-3)15-24(17-12-13-17)20(25)22-21(4,5)6/h10-11,14,17H,7-9,12-13,15H2,1-6H3,(H,22,25).